The van der Waals surface area contributed by atoms with Gasteiger partial charge in [0.15, 0.2) is 0 Å². The molecule has 104 valence electrons. The fourth-order valence-corrected chi connectivity index (χ4v) is 3.16. The molecule has 0 saturated heterocycles. The van der Waals surface area contributed by atoms with Crippen molar-refractivity contribution in [2.45, 2.75) is 57.9 Å². The average Bonchev–Trinajstić information content (AvgIpc) is 2.42. The van der Waals surface area contributed by atoms with Gasteiger partial charge in [0.2, 0.25) is 0 Å². The van der Waals surface area contributed by atoms with Gasteiger partial charge in [0.25, 0.3) is 0 Å². The van der Waals surface area contributed by atoms with Crippen LogP contribution in [0.2, 0.25) is 0 Å². The average molecular weight is 257 g/mol. The normalized spacial score (nSPS) is 21.1. The van der Waals surface area contributed by atoms with Crippen molar-refractivity contribution < 1.29 is 0 Å². The molecule has 1 heteroatoms. The van der Waals surface area contributed by atoms with Gasteiger partial charge in [-0.1, -0.05) is 55.7 Å². The molecule has 0 amide bonds. The number of hydrogen-bond acceptors (Lipinski definition) is 1. The third-order valence-electron chi connectivity index (χ3n) is 4.23. The Balaban J connectivity index is 2.27. The lowest BCUT2D eigenvalue weighted by Crippen LogP contribution is -2.20. The third-order valence-corrected chi connectivity index (χ3v) is 4.23. The molecule has 0 saturated carbocycles. The molecular weight excluding hydrogens is 230 g/mol. The second-order valence-electron chi connectivity index (χ2n) is 5.51. The van der Waals surface area contributed by atoms with Crippen LogP contribution in [0.1, 0.15) is 62.6 Å². The zero-order valence-corrected chi connectivity index (χ0v) is 12.4. The number of rotatable bonds is 4. The van der Waals surface area contributed by atoms with Crippen molar-refractivity contribution in [3.05, 3.63) is 47.0 Å². The van der Waals surface area contributed by atoms with E-state index < -0.39 is 0 Å². The molecule has 1 unspecified atom stereocenters. The molecule has 19 heavy (non-hydrogen) atoms. The Morgan fingerprint density at radius 2 is 1.89 bits per heavy atom. The molecule has 0 radical (unpaired) electrons. The van der Waals surface area contributed by atoms with E-state index in [2.05, 4.69) is 49.6 Å². The lowest BCUT2D eigenvalue weighted by molar-refractivity contribution is 0.572. The molecule has 1 aliphatic carbocycles. The molecule has 1 N–H and O–H groups in total. The Morgan fingerprint density at radius 1 is 1.11 bits per heavy atom. The second-order valence-corrected chi connectivity index (χ2v) is 5.51. The van der Waals surface area contributed by atoms with Crippen molar-refractivity contribution in [2.75, 3.05) is 7.05 Å². The molecule has 0 aromatic heterocycles. The topological polar surface area (TPSA) is 12.0 Å². The van der Waals surface area contributed by atoms with E-state index in [0.717, 1.165) is 6.42 Å². The van der Waals surface area contributed by atoms with Crippen molar-refractivity contribution in [3.8, 4) is 0 Å². The maximum Gasteiger partial charge on any atom is 0.0536 e. The first kappa shape index (κ1) is 14.3. The number of hydrogen-bond donors (Lipinski definition) is 1. The molecule has 0 spiro atoms. The van der Waals surface area contributed by atoms with Crippen molar-refractivity contribution in [1.29, 1.82) is 0 Å². The number of benzene rings is 1. The maximum atomic E-state index is 3.54. The summed E-state index contributed by atoms with van der Waals surface area (Å²) in [4.78, 5) is 0. The molecule has 1 aromatic carbocycles. The number of nitrogens with one attached hydrogen (secondary N) is 1. The Morgan fingerprint density at radius 3 is 2.68 bits per heavy atom. The van der Waals surface area contributed by atoms with Gasteiger partial charge in [0, 0.05) is 0 Å². The quantitative estimate of drug-likeness (QED) is 0.765. The molecule has 1 aliphatic rings. The summed E-state index contributed by atoms with van der Waals surface area (Å²) in [5.41, 5.74) is 4.55. The van der Waals surface area contributed by atoms with Gasteiger partial charge in [-0.15, -0.1) is 0 Å². The maximum absolute atomic E-state index is 3.54. The Hall–Kier alpha value is -1.08. The monoisotopic (exact) mass is 257 g/mol. The fraction of sp³-hybridized carbons (Fsp3) is 0.556. The van der Waals surface area contributed by atoms with Gasteiger partial charge in [-0.05, 0) is 50.3 Å². The summed E-state index contributed by atoms with van der Waals surface area (Å²) in [6.45, 7) is 2.25. The van der Waals surface area contributed by atoms with Crippen LogP contribution in [0.5, 0.6) is 0 Å². The Bertz CT molecular complexity index is 419. The summed E-state index contributed by atoms with van der Waals surface area (Å²) >= 11 is 0. The predicted molar refractivity (Wildman–Crippen MR) is 83.4 cm³/mol. The minimum Gasteiger partial charge on any atom is -0.310 e. The van der Waals surface area contributed by atoms with Gasteiger partial charge in [-0.3, -0.25) is 0 Å². The number of allylic oxidation sites excluding steroid dienone is 1. The van der Waals surface area contributed by atoms with Gasteiger partial charge >= 0.3 is 0 Å². The van der Waals surface area contributed by atoms with Crippen LogP contribution < -0.4 is 5.32 Å². The lowest BCUT2D eigenvalue weighted by atomic mass is 9.88. The van der Waals surface area contributed by atoms with E-state index in [1.165, 1.54) is 49.7 Å². The first-order valence-corrected chi connectivity index (χ1v) is 7.80. The smallest absolute Gasteiger partial charge is 0.0536 e. The van der Waals surface area contributed by atoms with Crippen LogP contribution in [0, 0.1) is 0 Å². The second kappa shape index (κ2) is 7.49. The van der Waals surface area contributed by atoms with Gasteiger partial charge in [-0.2, -0.15) is 0 Å². The van der Waals surface area contributed by atoms with E-state index >= 15 is 0 Å². The summed E-state index contributed by atoms with van der Waals surface area (Å²) in [6.07, 6.45) is 11.6. The predicted octanol–water partition coefficient (Wildman–Crippen LogP) is 4.79. The van der Waals surface area contributed by atoms with Crippen LogP contribution in [0.15, 0.2) is 35.9 Å². The van der Waals surface area contributed by atoms with Crippen LogP contribution in [0.3, 0.4) is 0 Å². The molecular formula is C18H27N. The lowest BCUT2D eigenvalue weighted by Gasteiger charge is -2.24. The van der Waals surface area contributed by atoms with E-state index in [4.69, 9.17) is 0 Å². The summed E-state index contributed by atoms with van der Waals surface area (Å²) in [7, 11) is 2.09. The van der Waals surface area contributed by atoms with Crippen LogP contribution in [-0.4, -0.2) is 7.05 Å². The molecule has 1 atom stereocenters. The molecule has 2 rings (SSSR count). The van der Waals surface area contributed by atoms with Crippen LogP contribution in [0.25, 0.3) is 0 Å². The van der Waals surface area contributed by atoms with Crippen molar-refractivity contribution in [1.82, 2.24) is 5.32 Å². The summed E-state index contributed by atoms with van der Waals surface area (Å²) in [5, 5.41) is 3.54. The first-order chi connectivity index (χ1) is 9.36. The summed E-state index contributed by atoms with van der Waals surface area (Å²) in [5.74, 6) is 0. The van der Waals surface area contributed by atoms with Gasteiger partial charge in [-0.25, -0.2) is 0 Å². The van der Waals surface area contributed by atoms with Crippen LogP contribution in [0.4, 0.5) is 0 Å². The zero-order chi connectivity index (χ0) is 13.5. The minimum absolute atomic E-state index is 0.411. The van der Waals surface area contributed by atoms with Crippen LogP contribution in [-0.2, 0) is 6.42 Å². The first-order valence-electron chi connectivity index (χ1n) is 7.80. The third kappa shape index (κ3) is 3.70. The highest BCUT2D eigenvalue weighted by molar-refractivity contribution is 5.35. The summed E-state index contributed by atoms with van der Waals surface area (Å²) < 4.78 is 0. The summed E-state index contributed by atoms with van der Waals surface area (Å²) in [6, 6.07) is 9.29. The Kier molecular flexibility index (Phi) is 5.65. The van der Waals surface area contributed by atoms with Gasteiger partial charge in [0.05, 0.1) is 6.04 Å². The van der Waals surface area contributed by atoms with E-state index in [1.54, 1.807) is 5.57 Å². The highest BCUT2D eigenvalue weighted by Gasteiger charge is 2.17. The zero-order valence-electron chi connectivity index (χ0n) is 12.4. The Labute approximate surface area is 118 Å². The van der Waals surface area contributed by atoms with Gasteiger partial charge in [0.1, 0.15) is 0 Å². The van der Waals surface area contributed by atoms with E-state index in [1.807, 2.05) is 0 Å². The molecule has 0 aliphatic heterocycles. The highest BCUT2D eigenvalue weighted by atomic mass is 14.9. The largest absolute Gasteiger partial charge is 0.310 e. The van der Waals surface area contributed by atoms with Crippen molar-refractivity contribution in [3.63, 3.8) is 0 Å². The van der Waals surface area contributed by atoms with Gasteiger partial charge < -0.3 is 5.32 Å². The minimum atomic E-state index is 0.411. The molecule has 1 aromatic rings. The van der Waals surface area contributed by atoms with E-state index in [0.29, 0.717) is 6.04 Å². The van der Waals surface area contributed by atoms with E-state index in [9.17, 15) is 0 Å². The molecule has 1 nitrogen and oxygen atoms in total. The highest BCUT2D eigenvalue weighted by Crippen LogP contribution is 2.30. The number of likely N-dealkylation sites (N-methyl/N-ethyl adjacent to an activating group) is 1. The number of aryl methyl sites for hydroxylation is 1. The van der Waals surface area contributed by atoms with Crippen molar-refractivity contribution >= 4 is 0 Å². The molecule has 0 heterocycles. The molecule has 0 fully saturated rings. The standard InChI is InChI=1S/C18H27N/c1-3-15-11-9-10-14-17(15)18(19-2)16-12-7-5-4-6-8-13-16/h9-12,14,18-19H,3-8,13H2,1-2H3/b16-12+. The van der Waals surface area contributed by atoms with Crippen LogP contribution >= 0.6 is 0 Å². The fourth-order valence-electron chi connectivity index (χ4n) is 3.16. The van der Waals surface area contributed by atoms with Crippen molar-refractivity contribution in [2.24, 2.45) is 0 Å². The van der Waals surface area contributed by atoms with E-state index in [-0.39, 0.29) is 0 Å². The SMILES string of the molecule is CCc1ccccc1C(NC)/C1=C/CCCCCC1. The molecule has 0 bridgehead atoms.